The summed E-state index contributed by atoms with van der Waals surface area (Å²) in [5.74, 6) is -0.156. The lowest BCUT2D eigenvalue weighted by molar-refractivity contribution is -0.151. The molecule has 0 spiro atoms. The largest absolute Gasteiger partial charge is 0.465 e. The lowest BCUT2D eigenvalue weighted by Crippen LogP contribution is -2.27. The van der Waals surface area contributed by atoms with E-state index in [2.05, 4.69) is 41.5 Å². The zero-order valence-corrected chi connectivity index (χ0v) is 14.8. The monoisotopic (exact) mass is 331 g/mol. The van der Waals surface area contributed by atoms with E-state index in [4.69, 9.17) is 6.11 Å². The highest BCUT2D eigenvalue weighted by molar-refractivity contribution is 5.72. The van der Waals surface area contributed by atoms with E-state index in [1.807, 2.05) is 0 Å². The van der Waals surface area contributed by atoms with Gasteiger partial charge in [0.25, 0.3) is 0 Å². The van der Waals surface area contributed by atoms with Crippen molar-refractivity contribution in [3.63, 3.8) is 0 Å². The van der Waals surface area contributed by atoms with E-state index >= 15 is 0 Å². The summed E-state index contributed by atoms with van der Waals surface area (Å²) in [5, 5.41) is 0. The van der Waals surface area contributed by atoms with Gasteiger partial charge in [0, 0.05) is 6.42 Å². The van der Waals surface area contributed by atoms with Crippen LogP contribution in [-0.4, -0.2) is 18.8 Å². The van der Waals surface area contributed by atoms with Gasteiger partial charge >= 0.3 is 5.97 Å². The van der Waals surface area contributed by atoms with Gasteiger partial charge in [-0.25, -0.2) is 0 Å². The number of aldehydes is 1. The van der Waals surface area contributed by atoms with Gasteiger partial charge in [0.2, 0.25) is 0 Å². The zero-order valence-electron chi connectivity index (χ0n) is 15.8. The Morgan fingerprint density at radius 3 is 1.87 bits per heavy atom. The number of carbonyl (C=O) groups excluding carboxylic acids is 2. The van der Waals surface area contributed by atoms with E-state index in [0.717, 1.165) is 25.7 Å². The van der Waals surface area contributed by atoms with Crippen molar-refractivity contribution in [3.8, 4) is 0 Å². The van der Waals surface area contributed by atoms with Crippen molar-refractivity contribution in [1.82, 2.24) is 0 Å². The van der Waals surface area contributed by atoms with E-state index in [-0.39, 0.29) is 37.6 Å². The molecule has 23 heavy (non-hydrogen) atoms. The number of unbranched alkanes of at least 4 members (excludes halogenated alkanes) is 2. The van der Waals surface area contributed by atoms with Gasteiger partial charge in [-0.3, -0.25) is 4.79 Å². The molecule has 0 aliphatic carbocycles. The van der Waals surface area contributed by atoms with Crippen LogP contribution in [0.2, 0.25) is 0 Å². The van der Waals surface area contributed by atoms with Crippen LogP contribution in [0.25, 0.3) is 0 Å². The SMILES string of the molecule is C.C.[2H]C(=O)CCCCCOC(=O)C(CC(C)(C)C)CC(C)(C)C. The first-order valence-corrected chi connectivity index (χ1v) is 8.07. The average Bonchev–Trinajstić information content (AvgIpc) is 2.28. The molecule has 0 saturated carbocycles. The second-order valence-electron chi connectivity index (χ2n) is 8.35. The van der Waals surface area contributed by atoms with Crippen molar-refractivity contribution in [2.45, 2.75) is 94.9 Å². The van der Waals surface area contributed by atoms with Crippen LogP contribution in [0, 0.1) is 16.7 Å². The molecule has 0 radical (unpaired) electrons. The number of ether oxygens (including phenoxy) is 1. The quantitative estimate of drug-likeness (QED) is 0.293. The Morgan fingerprint density at radius 2 is 1.48 bits per heavy atom. The van der Waals surface area contributed by atoms with Crippen LogP contribution < -0.4 is 0 Å². The molecule has 0 saturated heterocycles. The molecule has 0 aromatic heterocycles. The summed E-state index contributed by atoms with van der Waals surface area (Å²) in [7, 11) is 0. The standard InChI is InChI=1S/C18H34O3.2CH4/c1-17(2,3)13-15(14-18(4,5)6)16(20)21-12-10-8-7-9-11-19;;/h11,15H,7-10,12-14H2,1-6H3;2*1H4/i11D;;. The summed E-state index contributed by atoms with van der Waals surface area (Å²) in [6.07, 6.45) is 3.72. The third-order valence-corrected chi connectivity index (χ3v) is 3.22. The summed E-state index contributed by atoms with van der Waals surface area (Å²) in [5.41, 5.74) is 0.201. The van der Waals surface area contributed by atoms with Crippen LogP contribution in [0.15, 0.2) is 0 Å². The van der Waals surface area contributed by atoms with Crippen LogP contribution in [0.5, 0.6) is 0 Å². The molecule has 0 aromatic carbocycles. The Labute approximate surface area is 147 Å². The molecule has 0 N–H and O–H groups in total. The molecule has 0 aliphatic rings. The van der Waals surface area contributed by atoms with Crippen LogP contribution in [-0.2, 0) is 14.3 Å². The maximum Gasteiger partial charge on any atom is 0.308 e. The number of hydrogen-bond donors (Lipinski definition) is 0. The number of esters is 1. The Balaban J connectivity index is -0.00000220. The third kappa shape index (κ3) is 17.3. The molecular formula is C20H42O3. The molecule has 0 atom stereocenters. The van der Waals surface area contributed by atoms with Gasteiger partial charge in [-0.05, 0) is 42.9 Å². The van der Waals surface area contributed by atoms with E-state index in [9.17, 15) is 9.59 Å². The Morgan fingerprint density at radius 1 is 1.00 bits per heavy atom. The summed E-state index contributed by atoms with van der Waals surface area (Å²) in [6, 6.07) is 0. The Bertz CT molecular complexity index is 335. The van der Waals surface area contributed by atoms with Crippen LogP contribution in [0.4, 0.5) is 0 Å². The highest BCUT2D eigenvalue weighted by Crippen LogP contribution is 2.33. The lowest BCUT2D eigenvalue weighted by Gasteiger charge is -2.29. The fourth-order valence-corrected chi connectivity index (χ4v) is 2.48. The van der Waals surface area contributed by atoms with Gasteiger partial charge in [-0.15, -0.1) is 0 Å². The lowest BCUT2D eigenvalue weighted by atomic mass is 9.77. The predicted molar refractivity (Wildman–Crippen MR) is 101 cm³/mol. The second-order valence-corrected chi connectivity index (χ2v) is 8.35. The van der Waals surface area contributed by atoms with Crippen LogP contribution in [0.3, 0.4) is 0 Å². The molecule has 0 heterocycles. The smallest absolute Gasteiger partial charge is 0.308 e. The molecule has 0 fully saturated rings. The number of rotatable bonds is 9. The summed E-state index contributed by atoms with van der Waals surface area (Å²) >= 11 is 0. The van der Waals surface area contributed by atoms with E-state index < -0.39 is 6.26 Å². The maximum absolute atomic E-state index is 12.3. The molecule has 0 aromatic rings. The van der Waals surface area contributed by atoms with Crippen molar-refractivity contribution < 1.29 is 15.7 Å². The minimum atomic E-state index is -0.521. The summed E-state index contributed by atoms with van der Waals surface area (Å²) < 4.78 is 12.3. The highest BCUT2D eigenvalue weighted by Gasteiger charge is 2.30. The van der Waals surface area contributed by atoms with Crippen molar-refractivity contribution in [2.75, 3.05) is 6.61 Å². The van der Waals surface area contributed by atoms with Crippen LogP contribution >= 0.6 is 0 Å². The first-order valence-electron chi connectivity index (χ1n) is 8.57. The number of hydrogen-bond acceptors (Lipinski definition) is 3. The fourth-order valence-electron chi connectivity index (χ4n) is 2.48. The van der Waals surface area contributed by atoms with Crippen molar-refractivity contribution in [2.24, 2.45) is 16.7 Å². The van der Waals surface area contributed by atoms with E-state index in [1.165, 1.54) is 0 Å². The molecule has 3 nitrogen and oxygen atoms in total. The van der Waals surface area contributed by atoms with Gasteiger partial charge in [-0.2, -0.15) is 0 Å². The maximum atomic E-state index is 12.3. The van der Waals surface area contributed by atoms with Gasteiger partial charge < -0.3 is 9.53 Å². The van der Waals surface area contributed by atoms with Crippen molar-refractivity contribution in [1.29, 1.82) is 0 Å². The molecule has 0 amide bonds. The Hall–Kier alpha value is -0.860. The first kappa shape index (κ1) is 24.4. The van der Waals surface area contributed by atoms with Gasteiger partial charge in [0.15, 0.2) is 0 Å². The molecule has 3 heteroatoms. The van der Waals surface area contributed by atoms with Gasteiger partial charge in [0.05, 0.1) is 12.5 Å². The van der Waals surface area contributed by atoms with Crippen molar-refractivity contribution >= 4 is 12.2 Å². The first-order chi connectivity index (χ1) is 9.91. The summed E-state index contributed by atoms with van der Waals surface area (Å²) in [6.45, 7) is 13.3. The van der Waals surface area contributed by atoms with Crippen LogP contribution in [0.1, 0.15) is 96.3 Å². The van der Waals surface area contributed by atoms with E-state index in [0.29, 0.717) is 19.4 Å². The number of carbonyl (C=O) groups is 2. The third-order valence-electron chi connectivity index (χ3n) is 3.22. The normalized spacial score (nSPS) is 12.0. The van der Waals surface area contributed by atoms with Crippen molar-refractivity contribution in [3.05, 3.63) is 0 Å². The molecular weight excluding hydrogens is 288 g/mol. The van der Waals surface area contributed by atoms with Gasteiger partial charge in [0.1, 0.15) is 7.63 Å². The summed E-state index contributed by atoms with van der Waals surface area (Å²) in [4.78, 5) is 22.9. The minimum absolute atomic E-state index is 0. The highest BCUT2D eigenvalue weighted by atomic mass is 16.5. The minimum Gasteiger partial charge on any atom is -0.465 e. The molecule has 0 bridgehead atoms. The van der Waals surface area contributed by atoms with Gasteiger partial charge in [-0.1, -0.05) is 56.4 Å². The van der Waals surface area contributed by atoms with E-state index in [1.54, 1.807) is 0 Å². The average molecular weight is 332 g/mol. The Kier molecular flexibility index (Phi) is 13.3. The fraction of sp³-hybridized carbons (Fsp3) is 0.900. The molecule has 0 rings (SSSR count). The molecule has 0 unspecified atom stereocenters. The zero-order chi connectivity index (χ0) is 17.4. The predicted octanol–water partition coefficient (Wildman–Crippen LogP) is 6.05. The molecule has 140 valence electrons. The molecule has 0 aliphatic heterocycles. The second kappa shape index (κ2) is 12.5. The topological polar surface area (TPSA) is 43.4 Å².